The van der Waals surface area contributed by atoms with Crippen molar-refractivity contribution in [3.8, 4) is 0 Å². The second-order valence-corrected chi connectivity index (χ2v) is 5.93. The van der Waals surface area contributed by atoms with Gasteiger partial charge in [0.1, 0.15) is 0 Å². The maximum absolute atomic E-state index is 2.29. The third-order valence-corrected chi connectivity index (χ3v) is 4.03. The van der Waals surface area contributed by atoms with Crippen LogP contribution in [0.4, 0.5) is 0 Å². The SMILES string of the molecule is Cc1c(C)c(C(C)C)c2ccccc2c1C(C)C. The quantitative estimate of drug-likeness (QED) is 0.631. The zero-order chi connectivity index (χ0) is 13.4. The summed E-state index contributed by atoms with van der Waals surface area (Å²) in [6.45, 7) is 13.7. The van der Waals surface area contributed by atoms with Gasteiger partial charge >= 0.3 is 0 Å². The van der Waals surface area contributed by atoms with E-state index in [9.17, 15) is 0 Å². The summed E-state index contributed by atoms with van der Waals surface area (Å²) in [4.78, 5) is 0. The van der Waals surface area contributed by atoms with Crippen molar-refractivity contribution in [2.45, 2.75) is 53.4 Å². The summed E-state index contributed by atoms with van der Waals surface area (Å²) in [5, 5.41) is 2.89. The Morgan fingerprint density at radius 2 is 1.00 bits per heavy atom. The molecule has 0 aliphatic carbocycles. The number of fused-ring (bicyclic) bond motifs is 1. The van der Waals surface area contributed by atoms with Crippen LogP contribution in [0.2, 0.25) is 0 Å². The van der Waals surface area contributed by atoms with Crippen molar-refractivity contribution in [2.24, 2.45) is 0 Å². The Labute approximate surface area is 111 Å². The number of hydrogen-bond acceptors (Lipinski definition) is 0. The number of hydrogen-bond donors (Lipinski definition) is 0. The molecular formula is C18H24. The molecule has 0 bridgehead atoms. The summed E-state index contributed by atoms with van der Waals surface area (Å²) in [7, 11) is 0. The summed E-state index contributed by atoms with van der Waals surface area (Å²) in [6.07, 6.45) is 0. The van der Waals surface area contributed by atoms with E-state index in [1.165, 1.54) is 33.0 Å². The molecule has 0 unspecified atom stereocenters. The molecule has 2 aromatic rings. The molecule has 0 saturated heterocycles. The Bertz CT molecular complexity index is 522. The van der Waals surface area contributed by atoms with Crippen LogP contribution >= 0.6 is 0 Å². The normalized spacial score (nSPS) is 11.8. The average Bonchev–Trinajstić information content (AvgIpc) is 2.29. The highest BCUT2D eigenvalue weighted by molar-refractivity contribution is 5.91. The van der Waals surface area contributed by atoms with Gasteiger partial charge in [0, 0.05) is 0 Å². The molecule has 0 atom stereocenters. The molecule has 0 N–H and O–H groups in total. The fourth-order valence-electron chi connectivity index (χ4n) is 3.25. The van der Waals surface area contributed by atoms with E-state index in [4.69, 9.17) is 0 Å². The van der Waals surface area contributed by atoms with Crippen molar-refractivity contribution in [3.05, 3.63) is 46.5 Å². The second kappa shape index (κ2) is 4.76. The Kier molecular flexibility index (Phi) is 3.47. The molecule has 0 heteroatoms. The van der Waals surface area contributed by atoms with Crippen LogP contribution in [0.25, 0.3) is 10.8 Å². The molecule has 0 nitrogen and oxygen atoms in total. The van der Waals surface area contributed by atoms with Crippen LogP contribution in [0, 0.1) is 13.8 Å². The molecule has 0 radical (unpaired) electrons. The van der Waals surface area contributed by atoms with Crippen LogP contribution in [-0.2, 0) is 0 Å². The van der Waals surface area contributed by atoms with E-state index >= 15 is 0 Å². The summed E-state index contributed by atoms with van der Waals surface area (Å²) >= 11 is 0. The van der Waals surface area contributed by atoms with Gasteiger partial charge in [-0.3, -0.25) is 0 Å². The molecule has 18 heavy (non-hydrogen) atoms. The molecule has 0 aliphatic heterocycles. The summed E-state index contributed by atoms with van der Waals surface area (Å²) in [5.41, 5.74) is 6.00. The minimum absolute atomic E-state index is 0.579. The lowest BCUT2D eigenvalue weighted by atomic mass is 9.82. The van der Waals surface area contributed by atoms with Gasteiger partial charge in [0.25, 0.3) is 0 Å². The van der Waals surface area contributed by atoms with Gasteiger partial charge in [-0.25, -0.2) is 0 Å². The lowest BCUT2D eigenvalue weighted by Gasteiger charge is -2.22. The molecule has 2 rings (SSSR count). The van der Waals surface area contributed by atoms with Crippen LogP contribution in [-0.4, -0.2) is 0 Å². The van der Waals surface area contributed by atoms with Gasteiger partial charge in [0.15, 0.2) is 0 Å². The fraction of sp³-hybridized carbons (Fsp3) is 0.444. The molecular weight excluding hydrogens is 216 g/mol. The van der Waals surface area contributed by atoms with Gasteiger partial charge in [-0.1, -0.05) is 52.0 Å². The number of benzene rings is 2. The third kappa shape index (κ3) is 1.94. The van der Waals surface area contributed by atoms with Crippen molar-refractivity contribution in [1.82, 2.24) is 0 Å². The van der Waals surface area contributed by atoms with Gasteiger partial charge in [0.2, 0.25) is 0 Å². The molecule has 0 aliphatic rings. The molecule has 2 aromatic carbocycles. The van der Waals surface area contributed by atoms with Crippen LogP contribution in [0.1, 0.15) is 61.8 Å². The van der Waals surface area contributed by atoms with E-state index in [2.05, 4.69) is 65.8 Å². The van der Waals surface area contributed by atoms with Crippen molar-refractivity contribution in [3.63, 3.8) is 0 Å². The highest BCUT2D eigenvalue weighted by Gasteiger charge is 2.17. The van der Waals surface area contributed by atoms with Crippen LogP contribution in [0.5, 0.6) is 0 Å². The van der Waals surface area contributed by atoms with Gasteiger partial charge < -0.3 is 0 Å². The second-order valence-electron chi connectivity index (χ2n) is 5.93. The van der Waals surface area contributed by atoms with E-state index in [-0.39, 0.29) is 0 Å². The Hall–Kier alpha value is -1.30. The smallest absolute Gasteiger partial charge is 0.0144 e. The molecule has 96 valence electrons. The predicted molar refractivity (Wildman–Crippen MR) is 81.6 cm³/mol. The van der Waals surface area contributed by atoms with Crippen LogP contribution < -0.4 is 0 Å². The fourth-order valence-corrected chi connectivity index (χ4v) is 3.25. The largest absolute Gasteiger partial charge is 0.0616 e. The highest BCUT2D eigenvalue weighted by Crippen LogP contribution is 2.37. The van der Waals surface area contributed by atoms with Crippen molar-refractivity contribution in [2.75, 3.05) is 0 Å². The molecule has 0 spiro atoms. The van der Waals surface area contributed by atoms with Crippen molar-refractivity contribution >= 4 is 10.8 Å². The lowest BCUT2D eigenvalue weighted by Crippen LogP contribution is -2.03. The molecule has 0 amide bonds. The van der Waals surface area contributed by atoms with Gasteiger partial charge in [-0.05, 0) is 58.7 Å². The zero-order valence-corrected chi connectivity index (χ0v) is 12.5. The van der Waals surface area contributed by atoms with Crippen molar-refractivity contribution < 1.29 is 0 Å². The van der Waals surface area contributed by atoms with E-state index in [1.807, 2.05) is 0 Å². The minimum Gasteiger partial charge on any atom is -0.0616 e. The first-order chi connectivity index (χ1) is 8.45. The minimum atomic E-state index is 0.579. The third-order valence-electron chi connectivity index (χ3n) is 4.03. The first-order valence-corrected chi connectivity index (χ1v) is 6.96. The lowest BCUT2D eigenvalue weighted by molar-refractivity contribution is 0.840. The molecule has 0 aromatic heterocycles. The first kappa shape index (κ1) is 13.1. The molecule has 0 fully saturated rings. The van der Waals surface area contributed by atoms with E-state index in [0.717, 1.165) is 0 Å². The van der Waals surface area contributed by atoms with Gasteiger partial charge in [-0.15, -0.1) is 0 Å². The number of rotatable bonds is 2. The zero-order valence-electron chi connectivity index (χ0n) is 12.5. The van der Waals surface area contributed by atoms with Crippen molar-refractivity contribution in [1.29, 1.82) is 0 Å². The summed E-state index contributed by atoms with van der Waals surface area (Å²) < 4.78 is 0. The highest BCUT2D eigenvalue weighted by atomic mass is 14.2. The monoisotopic (exact) mass is 240 g/mol. The average molecular weight is 240 g/mol. The summed E-state index contributed by atoms with van der Waals surface area (Å²) in [5.74, 6) is 1.16. The van der Waals surface area contributed by atoms with Crippen LogP contribution in [0.3, 0.4) is 0 Å². The molecule has 0 saturated carbocycles. The van der Waals surface area contributed by atoms with Gasteiger partial charge in [0.05, 0.1) is 0 Å². The molecule has 0 heterocycles. The maximum Gasteiger partial charge on any atom is -0.0144 e. The first-order valence-electron chi connectivity index (χ1n) is 6.96. The standard InChI is InChI=1S/C18H24/c1-11(2)17-13(5)14(6)18(12(3)4)16-10-8-7-9-15(16)17/h7-12H,1-6H3. The Morgan fingerprint density at radius 3 is 1.28 bits per heavy atom. The van der Waals surface area contributed by atoms with Crippen LogP contribution in [0.15, 0.2) is 24.3 Å². The maximum atomic E-state index is 2.29. The Morgan fingerprint density at radius 1 is 0.667 bits per heavy atom. The predicted octanol–water partition coefficient (Wildman–Crippen LogP) is 5.70. The van der Waals surface area contributed by atoms with E-state index in [1.54, 1.807) is 0 Å². The topological polar surface area (TPSA) is 0 Å². The van der Waals surface area contributed by atoms with Gasteiger partial charge in [-0.2, -0.15) is 0 Å². The Balaban J connectivity index is 2.97. The summed E-state index contributed by atoms with van der Waals surface area (Å²) in [6, 6.07) is 8.88. The van der Waals surface area contributed by atoms with E-state index in [0.29, 0.717) is 11.8 Å². The van der Waals surface area contributed by atoms with E-state index < -0.39 is 0 Å².